The lowest BCUT2D eigenvalue weighted by molar-refractivity contribution is 0.0117. The highest BCUT2D eigenvalue weighted by Gasteiger charge is 2.21. The van der Waals surface area contributed by atoms with Crippen LogP contribution in [0.5, 0.6) is 0 Å². The molecule has 0 aliphatic rings. The predicted molar refractivity (Wildman–Crippen MR) is 81.6 cm³/mol. The van der Waals surface area contributed by atoms with Gasteiger partial charge in [0.25, 0.3) is 0 Å². The molecule has 0 fully saturated rings. The van der Waals surface area contributed by atoms with Crippen molar-refractivity contribution in [3.63, 3.8) is 0 Å². The smallest absolute Gasteiger partial charge is 0.407 e. The fraction of sp³-hybridized carbons (Fsp3) is 0.600. The second-order valence-corrected chi connectivity index (χ2v) is 6.17. The Morgan fingerprint density at radius 1 is 1.41 bits per heavy atom. The van der Waals surface area contributed by atoms with Crippen LogP contribution in [0.1, 0.15) is 44.4 Å². The molecule has 2 unspecified atom stereocenters. The molecule has 7 heteroatoms. The van der Waals surface area contributed by atoms with Crippen LogP contribution in [0.4, 0.5) is 4.79 Å². The number of amides is 1. The number of ether oxygens (including phenoxy) is 1. The lowest BCUT2D eigenvalue weighted by Gasteiger charge is -2.21. The molecular weight excluding hydrogens is 288 g/mol. The highest BCUT2D eigenvalue weighted by molar-refractivity contribution is 5.67. The van der Waals surface area contributed by atoms with Gasteiger partial charge in [0.05, 0.1) is 6.10 Å². The van der Waals surface area contributed by atoms with Crippen molar-refractivity contribution in [3.8, 4) is 0 Å². The first-order valence-corrected chi connectivity index (χ1v) is 7.12. The van der Waals surface area contributed by atoms with Gasteiger partial charge >= 0.3 is 6.09 Å². The molecule has 0 spiro atoms. The van der Waals surface area contributed by atoms with Crippen LogP contribution in [-0.4, -0.2) is 39.5 Å². The van der Waals surface area contributed by atoms with Gasteiger partial charge in [0, 0.05) is 24.4 Å². The predicted octanol–water partition coefficient (Wildman–Crippen LogP) is 0.992. The van der Waals surface area contributed by atoms with Crippen LogP contribution in [0.3, 0.4) is 0 Å². The quantitative estimate of drug-likeness (QED) is 0.648. The molecule has 1 amide bonds. The number of pyridine rings is 1. The number of hydrogen-bond acceptors (Lipinski definition) is 5. The molecule has 1 heterocycles. The number of alkyl carbamates (subject to hydrolysis) is 1. The molecule has 2 atom stereocenters. The van der Waals surface area contributed by atoms with E-state index in [4.69, 9.17) is 4.74 Å². The summed E-state index contributed by atoms with van der Waals surface area (Å²) in [4.78, 5) is 25.0. The zero-order valence-corrected chi connectivity index (χ0v) is 13.3. The summed E-state index contributed by atoms with van der Waals surface area (Å²) < 4.78 is 5.06. The van der Waals surface area contributed by atoms with E-state index in [1.165, 1.54) is 12.3 Å². The standard InChI is InChI=1S/C15H24N2O5/c1-9-7-12(19)17-8-10(9)13(20)11(18)5-6-16-14(21)22-15(2,3)4/h7-8,11,13,18,20H,5-6H2,1-4H3,(H,16,21)(H,17,19). The summed E-state index contributed by atoms with van der Waals surface area (Å²) in [5, 5.41) is 22.6. The van der Waals surface area contributed by atoms with Gasteiger partial charge < -0.3 is 25.3 Å². The van der Waals surface area contributed by atoms with Crippen LogP contribution < -0.4 is 10.9 Å². The molecule has 1 aromatic heterocycles. The first-order valence-electron chi connectivity index (χ1n) is 7.12. The number of aromatic nitrogens is 1. The van der Waals surface area contributed by atoms with E-state index in [0.29, 0.717) is 11.1 Å². The molecule has 0 bridgehead atoms. The summed E-state index contributed by atoms with van der Waals surface area (Å²) in [5.74, 6) is 0. The van der Waals surface area contributed by atoms with Crippen molar-refractivity contribution in [1.82, 2.24) is 10.3 Å². The van der Waals surface area contributed by atoms with Crippen LogP contribution >= 0.6 is 0 Å². The Bertz CT molecular complexity index is 562. The van der Waals surface area contributed by atoms with E-state index in [1.807, 2.05) is 0 Å². The second-order valence-electron chi connectivity index (χ2n) is 6.17. The third-order valence-corrected chi connectivity index (χ3v) is 2.96. The number of aliphatic hydroxyl groups excluding tert-OH is 2. The second kappa shape index (κ2) is 7.42. The van der Waals surface area contributed by atoms with Crippen molar-refractivity contribution in [2.75, 3.05) is 6.54 Å². The maximum atomic E-state index is 11.5. The van der Waals surface area contributed by atoms with Crippen LogP contribution in [0.15, 0.2) is 17.1 Å². The van der Waals surface area contributed by atoms with Crippen LogP contribution in [0.2, 0.25) is 0 Å². The number of rotatable bonds is 5. The maximum Gasteiger partial charge on any atom is 0.407 e. The zero-order chi connectivity index (χ0) is 16.9. The van der Waals surface area contributed by atoms with Crippen molar-refractivity contribution in [2.45, 2.75) is 51.9 Å². The Kier molecular flexibility index (Phi) is 6.13. The topological polar surface area (TPSA) is 112 Å². The summed E-state index contributed by atoms with van der Waals surface area (Å²) in [6.07, 6.45) is -1.25. The van der Waals surface area contributed by atoms with Gasteiger partial charge in [-0.05, 0) is 39.7 Å². The van der Waals surface area contributed by atoms with Gasteiger partial charge in [-0.3, -0.25) is 4.79 Å². The SMILES string of the molecule is Cc1cc(=O)[nH]cc1C(O)C(O)CCNC(=O)OC(C)(C)C. The van der Waals surface area contributed by atoms with Crippen molar-refractivity contribution >= 4 is 6.09 Å². The van der Waals surface area contributed by atoms with Gasteiger partial charge in [0.2, 0.25) is 5.56 Å². The number of carbonyl (C=O) groups is 1. The molecule has 0 saturated heterocycles. The van der Waals surface area contributed by atoms with E-state index in [2.05, 4.69) is 10.3 Å². The average molecular weight is 312 g/mol. The Labute approximate surface area is 129 Å². The van der Waals surface area contributed by atoms with Crippen molar-refractivity contribution in [2.24, 2.45) is 0 Å². The highest BCUT2D eigenvalue weighted by atomic mass is 16.6. The van der Waals surface area contributed by atoms with E-state index >= 15 is 0 Å². The van der Waals surface area contributed by atoms with E-state index in [9.17, 15) is 19.8 Å². The fourth-order valence-corrected chi connectivity index (χ4v) is 1.90. The van der Waals surface area contributed by atoms with E-state index < -0.39 is 23.9 Å². The molecule has 0 radical (unpaired) electrons. The highest BCUT2D eigenvalue weighted by Crippen LogP contribution is 2.20. The Morgan fingerprint density at radius 2 is 2.05 bits per heavy atom. The van der Waals surface area contributed by atoms with Crippen LogP contribution in [0, 0.1) is 6.92 Å². The van der Waals surface area contributed by atoms with Crippen molar-refractivity contribution in [3.05, 3.63) is 33.7 Å². The maximum absolute atomic E-state index is 11.5. The molecule has 7 nitrogen and oxygen atoms in total. The monoisotopic (exact) mass is 312 g/mol. The molecule has 22 heavy (non-hydrogen) atoms. The van der Waals surface area contributed by atoms with Gasteiger partial charge in [0.15, 0.2) is 0 Å². The van der Waals surface area contributed by atoms with Crippen molar-refractivity contribution < 1.29 is 19.7 Å². The number of aryl methyl sites for hydroxylation is 1. The first-order chi connectivity index (χ1) is 10.1. The summed E-state index contributed by atoms with van der Waals surface area (Å²) in [6, 6.07) is 1.35. The third-order valence-electron chi connectivity index (χ3n) is 2.96. The van der Waals surface area contributed by atoms with Gasteiger partial charge in [-0.2, -0.15) is 0 Å². The van der Waals surface area contributed by atoms with Gasteiger partial charge in [-0.15, -0.1) is 0 Å². The number of nitrogens with one attached hydrogen (secondary N) is 2. The Hall–Kier alpha value is -1.86. The Morgan fingerprint density at radius 3 is 2.59 bits per heavy atom. The van der Waals surface area contributed by atoms with Gasteiger partial charge in [-0.25, -0.2) is 4.79 Å². The molecular formula is C15H24N2O5. The van der Waals surface area contributed by atoms with E-state index in [-0.39, 0.29) is 18.5 Å². The van der Waals surface area contributed by atoms with Crippen LogP contribution in [0.25, 0.3) is 0 Å². The van der Waals surface area contributed by atoms with Crippen molar-refractivity contribution in [1.29, 1.82) is 0 Å². The molecule has 0 aromatic carbocycles. The molecule has 1 rings (SSSR count). The number of carbonyl (C=O) groups excluding carboxylic acids is 1. The molecule has 0 aliphatic heterocycles. The lowest BCUT2D eigenvalue weighted by atomic mass is 10.00. The zero-order valence-electron chi connectivity index (χ0n) is 13.3. The lowest BCUT2D eigenvalue weighted by Crippen LogP contribution is -2.34. The summed E-state index contributed by atoms with van der Waals surface area (Å²) in [7, 11) is 0. The fourth-order valence-electron chi connectivity index (χ4n) is 1.90. The van der Waals surface area contributed by atoms with Gasteiger partial charge in [0.1, 0.15) is 11.7 Å². The number of hydrogen-bond donors (Lipinski definition) is 4. The van der Waals surface area contributed by atoms with Crippen LogP contribution in [-0.2, 0) is 4.74 Å². The normalized spacial score (nSPS) is 14.3. The first kappa shape index (κ1) is 18.2. The summed E-state index contributed by atoms with van der Waals surface area (Å²) >= 11 is 0. The van der Waals surface area contributed by atoms with Gasteiger partial charge in [-0.1, -0.05) is 0 Å². The minimum atomic E-state index is -1.14. The third kappa shape index (κ3) is 5.87. The minimum Gasteiger partial charge on any atom is -0.444 e. The molecule has 0 aliphatic carbocycles. The summed E-state index contributed by atoms with van der Waals surface area (Å²) in [6.45, 7) is 7.10. The minimum absolute atomic E-state index is 0.152. The number of H-pyrrole nitrogens is 1. The Balaban J connectivity index is 2.50. The molecule has 124 valence electrons. The number of aromatic amines is 1. The summed E-state index contributed by atoms with van der Waals surface area (Å²) in [5.41, 5.74) is 0.184. The molecule has 4 N–H and O–H groups in total. The number of aliphatic hydroxyl groups is 2. The molecule has 1 aromatic rings. The average Bonchev–Trinajstić information content (AvgIpc) is 2.35. The molecule has 0 saturated carbocycles. The largest absolute Gasteiger partial charge is 0.444 e. The van der Waals surface area contributed by atoms with E-state index in [0.717, 1.165) is 0 Å². The van der Waals surface area contributed by atoms with E-state index in [1.54, 1.807) is 27.7 Å².